The highest BCUT2D eigenvalue weighted by molar-refractivity contribution is 4.56. The molecule has 1 unspecified atom stereocenters. The van der Waals surface area contributed by atoms with Gasteiger partial charge in [0, 0.05) is 6.04 Å². The van der Waals surface area contributed by atoms with Crippen LogP contribution in [0.2, 0.25) is 0 Å². The van der Waals surface area contributed by atoms with Crippen molar-refractivity contribution >= 4 is 0 Å². The quantitative estimate of drug-likeness (QED) is 0.643. The molecule has 0 aromatic rings. The topological polar surface area (TPSA) is 21.3 Å². The molecule has 0 radical (unpaired) electrons. The first kappa shape index (κ1) is 10.8. The molecule has 4 heteroatoms. The zero-order valence-corrected chi connectivity index (χ0v) is 6.94. The minimum absolute atomic E-state index is 0.152. The Balaban J connectivity index is 3.10. The van der Waals surface area contributed by atoms with Gasteiger partial charge < -0.3 is 10.1 Å². The molecule has 2 nitrogen and oxygen atoms in total. The first-order valence-electron chi connectivity index (χ1n) is 3.76. The fraction of sp³-hybridized carbons (Fsp3) is 1.00. The van der Waals surface area contributed by atoms with E-state index >= 15 is 0 Å². The van der Waals surface area contributed by atoms with E-state index in [1.54, 1.807) is 0 Å². The third-order valence-corrected chi connectivity index (χ3v) is 1.16. The summed E-state index contributed by atoms with van der Waals surface area (Å²) in [6, 6.07) is 0.152. The average Bonchev–Trinajstić information content (AvgIpc) is 1.87. The standard InChI is InChI=1S/C7H15F2NO/c1-3-10-6(2)4-11-5-7(8)9/h6-7,10H,3-5H2,1-2H3. The Morgan fingerprint density at radius 2 is 2.00 bits per heavy atom. The molecular weight excluding hydrogens is 152 g/mol. The van der Waals surface area contributed by atoms with Crippen LogP contribution in [0.3, 0.4) is 0 Å². The molecule has 0 amide bonds. The smallest absolute Gasteiger partial charge is 0.261 e. The van der Waals surface area contributed by atoms with Gasteiger partial charge in [-0.3, -0.25) is 0 Å². The van der Waals surface area contributed by atoms with Crippen LogP contribution in [0.25, 0.3) is 0 Å². The molecule has 0 aliphatic heterocycles. The minimum atomic E-state index is -2.36. The third-order valence-electron chi connectivity index (χ3n) is 1.16. The van der Waals surface area contributed by atoms with Gasteiger partial charge in [0.2, 0.25) is 0 Å². The van der Waals surface area contributed by atoms with Crippen molar-refractivity contribution < 1.29 is 13.5 Å². The van der Waals surface area contributed by atoms with Crippen molar-refractivity contribution in [1.29, 1.82) is 0 Å². The maximum Gasteiger partial charge on any atom is 0.261 e. The fourth-order valence-electron chi connectivity index (χ4n) is 0.741. The van der Waals surface area contributed by atoms with Crippen molar-refractivity contribution in [2.45, 2.75) is 26.3 Å². The van der Waals surface area contributed by atoms with Gasteiger partial charge in [0.05, 0.1) is 6.61 Å². The van der Waals surface area contributed by atoms with Crippen LogP contribution in [0.1, 0.15) is 13.8 Å². The van der Waals surface area contributed by atoms with Crippen molar-refractivity contribution in [3.05, 3.63) is 0 Å². The summed E-state index contributed by atoms with van der Waals surface area (Å²) >= 11 is 0. The number of hydrogen-bond donors (Lipinski definition) is 1. The van der Waals surface area contributed by atoms with Crippen LogP contribution >= 0.6 is 0 Å². The lowest BCUT2D eigenvalue weighted by Gasteiger charge is -2.11. The molecular formula is C7H15F2NO. The van der Waals surface area contributed by atoms with Gasteiger partial charge in [-0.05, 0) is 13.5 Å². The summed E-state index contributed by atoms with van der Waals surface area (Å²) < 4.78 is 27.7. The SMILES string of the molecule is CCNC(C)COCC(F)F. The summed E-state index contributed by atoms with van der Waals surface area (Å²) in [5.74, 6) is 0. The molecule has 11 heavy (non-hydrogen) atoms. The van der Waals surface area contributed by atoms with Crippen LogP contribution in [0.5, 0.6) is 0 Å². The lowest BCUT2D eigenvalue weighted by molar-refractivity contribution is 0.0112. The van der Waals surface area contributed by atoms with Gasteiger partial charge in [-0.2, -0.15) is 0 Å². The summed E-state index contributed by atoms with van der Waals surface area (Å²) in [5.41, 5.74) is 0. The second kappa shape index (κ2) is 6.49. The number of likely N-dealkylation sites (N-methyl/N-ethyl adjacent to an activating group) is 1. The zero-order chi connectivity index (χ0) is 8.69. The predicted molar refractivity (Wildman–Crippen MR) is 40.0 cm³/mol. The second-order valence-corrected chi connectivity index (χ2v) is 2.39. The highest BCUT2D eigenvalue weighted by Gasteiger charge is 2.04. The second-order valence-electron chi connectivity index (χ2n) is 2.39. The summed E-state index contributed by atoms with van der Waals surface area (Å²) in [7, 11) is 0. The number of ether oxygens (including phenoxy) is 1. The Kier molecular flexibility index (Phi) is 6.36. The molecule has 0 aromatic carbocycles. The average molecular weight is 167 g/mol. The van der Waals surface area contributed by atoms with E-state index in [2.05, 4.69) is 5.32 Å². The lowest BCUT2D eigenvalue weighted by atomic mass is 10.3. The highest BCUT2D eigenvalue weighted by atomic mass is 19.3. The Bertz CT molecular complexity index is 90.5. The van der Waals surface area contributed by atoms with E-state index in [4.69, 9.17) is 4.74 Å². The molecule has 0 rings (SSSR count). The Hall–Kier alpha value is -0.220. The molecule has 0 aliphatic rings. The van der Waals surface area contributed by atoms with Crippen molar-refractivity contribution in [2.24, 2.45) is 0 Å². The van der Waals surface area contributed by atoms with Crippen LogP contribution in [-0.4, -0.2) is 32.2 Å². The van der Waals surface area contributed by atoms with Crippen LogP contribution < -0.4 is 5.32 Å². The lowest BCUT2D eigenvalue weighted by Crippen LogP contribution is -2.30. The van der Waals surface area contributed by atoms with Gasteiger partial charge in [-0.1, -0.05) is 6.92 Å². The van der Waals surface area contributed by atoms with Crippen LogP contribution in [0, 0.1) is 0 Å². The van der Waals surface area contributed by atoms with Gasteiger partial charge >= 0.3 is 0 Å². The summed E-state index contributed by atoms with van der Waals surface area (Å²) in [6.07, 6.45) is -2.36. The summed E-state index contributed by atoms with van der Waals surface area (Å²) in [6.45, 7) is 4.58. The first-order valence-corrected chi connectivity index (χ1v) is 3.76. The molecule has 0 bridgehead atoms. The van der Waals surface area contributed by atoms with Crippen LogP contribution in [-0.2, 0) is 4.74 Å². The zero-order valence-electron chi connectivity index (χ0n) is 6.94. The van der Waals surface area contributed by atoms with Crippen molar-refractivity contribution in [3.63, 3.8) is 0 Å². The number of nitrogens with one attached hydrogen (secondary N) is 1. The third kappa shape index (κ3) is 7.68. The van der Waals surface area contributed by atoms with E-state index in [1.165, 1.54) is 0 Å². The molecule has 0 saturated carbocycles. The monoisotopic (exact) mass is 167 g/mol. The van der Waals surface area contributed by atoms with Crippen LogP contribution in [0.15, 0.2) is 0 Å². The minimum Gasteiger partial charge on any atom is -0.374 e. The maximum absolute atomic E-state index is 11.5. The largest absolute Gasteiger partial charge is 0.374 e. The summed E-state index contributed by atoms with van der Waals surface area (Å²) in [5, 5.41) is 3.05. The molecule has 0 spiro atoms. The molecule has 0 saturated heterocycles. The van der Waals surface area contributed by atoms with Crippen molar-refractivity contribution in [2.75, 3.05) is 19.8 Å². The molecule has 1 N–H and O–H groups in total. The summed E-state index contributed by atoms with van der Waals surface area (Å²) in [4.78, 5) is 0. The highest BCUT2D eigenvalue weighted by Crippen LogP contribution is 1.93. The Morgan fingerprint density at radius 3 is 2.45 bits per heavy atom. The number of hydrogen-bond acceptors (Lipinski definition) is 2. The molecule has 0 aromatic heterocycles. The van der Waals surface area contributed by atoms with E-state index in [0.717, 1.165) is 6.54 Å². The maximum atomic E-state index is 11.5. The van der Waals surface area contributed by atoms with E-state index < -0.39 is 13.0 Å². The number of alkyl halides is 2. The van der Waals surface area contributed by atoms with Crippen molar-refractivity contribution in [3.8, 4) is 0 Å². The van der Waals surface area contributed by atoms with Crippen LogP contribution in [0.4, 0.5) is 8.78 Å². The fourth-order valence-corrected chi connectivity index (χ4v) is 0.741. The molecule has 1 atom stereocenters. The Morgan fingerprint density at radius 1 is 1.36 bits per heavy atom. The molecule has 0 fully saturated rings. The predicted octanol–water partition coefficient (Wildman–Crippen LogP) is 1.27. The van der Waals surface area contributed by atoms with E-state index in [-0.39, 0.29) is 6.04 Å². The van der Waals surface area contributed by atoms with Gasteiger partial charge in [0.15, 0.2) is 0 Å². The van der Waals surface area contributed by atoms with Gasteiger partial charge in [-0.15, -0.1) is 0 Å². The Labute approximate surface area is 65.9 Å². The number of rotatable bonds is 6. The van der Waals surface area contributed by atoms with E-state index in [0.29, 0.717) is 6.61 Å². The van der Waals surface area contributed by atoms with E-state index in [1.807, 2.05) is 13.8 Å². The first-order chi connectivity index (χ1) is 5.16. The van der Waals surface area contributed by atoms with E-state index in [9.17, 15) is 8.78 Å². The number of halogens is 2. The van der Waals surface area contributed by atoms with Gasteiger partial charge in [-0.25, -0.2) is 8.78 Å². The molecule has 0 heterocycles. The molecule has 0 aliphatic carbocycles. The van der Waals surface area contributed by atoms with Crippen molar-refractivity contribution in [1.82, 2.24) is 5.32 Å². The normalized spacial score (nSPS) is 13.9. The van der Waals surface area contributed by atoms with Gasteiger partial charge in [0.25, 0.3) is 6.43 Å². The van der Waals surface area contributed by atoms with Gasteiger partial charge in [0.1, 0.15) is 6.61 Å². The molecule has 68 valence electrons.